The van der Waals surface area contributed by atoms with Crippen LogP contribution in [0.3, 0.4) is 0 Å². The summed E-state index contributed by atoms with van der Waals surface area (Å²) in [4.78, 5) is 2.30. The van der Waals surface area contributed by atoms with Crippen molar-refractivity contribution < 1.29 is 4.42 Å². The zero-order valence-corrected chi connectivity index (χ0v) is 9.08. The molecule has 78 valence electrons. The van der Waals surface area contributed by atoms with Crippen LogP contribution in [-0.2, 0) is 6.42 Å². The molecule has 1 aromatic heterocycles. The number of likely N-dealkylation sites (N-methyl/N-ethyl adjacent to an activating group) is 1. The van der Waals surface area contributed by atoms with Crippen molar-refractivity contribution in [2.45, 2.75) is 31.8 Å². The second kappa shape index (κ2) is 3.11. The SMILES string of the molecule is CN1CCc2occc2C1C(C)(C)N. The molecule has 0 aromatic carbocycles. The Morgan fingerprint density at radius 3 is 2.93 bits per heavy atom. The average molecular weight is 194 g/mol. The monoisotopic (exact) mass is 194 g/mol. The van der Waals surface area contributed by atoms with Gasteiger partial charge in [0.1, 0.15) is 5.76 Å². The fourth-order valence-electron chi connectivity index (χ4n) is 2.41. The number of nitrogens with two attached hydrogens (primary N) is 1. The number of furan rings is 1. The Kier molecular flexibility index (Phi) is 2.16. The first-order chi connectivity index (χ1) is 6.50. The Labute approximate surface area is 84.9 Å². The van der Waals surface area contributed by atoms with Gasteiger partial charge in [-0.15, -0.1) is 0 Å². The standard InChI is InChI=1S/C11H18N2O/c1-11(2,12)10-8-5-7-14-9(8)4-6-13(10)3/h5,7,10H,4,6,12H2,1-3H3. The van der Waals surface area contributed by atoms with Crippen molar-refractivity contribution >= 4 is 0 Å². The number of nitrogens with zero attached hydrogens (tertiary/aromatic N) is 1. The summed E-state index contributed by atoms with van der Waals surface area (Å²) in [5, 5.41) is 0. The van der Waals surface area contributed by atoms with Crippen LogP contribution in [0.1, 0.15) is 31.2 Å². The first-order valence-corrected chi connectivity index (χ1v) is 5.05. The largest absolute Gasteiger partial charge is 0.469 e. The third kappa shape index (κ3) is 1.47. The highest BCUT2D eigenvalue weighted by Crippen LogP contribution is 2.35. The lowest BCUT2D eigenvalue weighted by Crippen LogP contribution is -2.49. The third-order valence-electron chi connectivity index (χ3n) is 2.91. The zero-order chi connectivity index (χ0) is 10.3. The first kappa shape index (κ1) is 9.74. The van der Waals surface area contributed by atoms with E-state index in [1.807, 2.05) is 6.07 Å². The first-order valence-electron chi connectivity index (χ1n) is 5.05. The zero-order valence-electron chi connectivity index (χ0n) is 9.08. The molecule has 3 heteroatoms. The summed E-state index contributed by atoms with van der Waals surface area (Å²) < 4.78 is 5.45. The van der Waals surface area contributed by atoms with Gasteiger partial charge in [0.15, 0.2) is 0 Å². The molecule has 0 radical (unpaired) electrons. The van der Waals surface area contributed by atoms with E-state index >= 15 is 0 Å². The van der Waals surface area contributed by atoms with Gasteiger partial charge in [-0.25, -0.2) is 0 Å². The molecule has 2 heterocycles. The number of fused-ring (bicyclic) bond motifs is 1. The Morgan fingerprint density at radius 1 is 1.57 bits per heavy atom. The van der Waals surface area contributed by atoms with Crippen molar-refractivity contribution in [3.05, 3.63) is 23.7 Å². The van der Waals surface area contributed by atoms with Gasteiger partial charge in [-0.3, -0.25) is 4.90 Å². The lowest BCUT2D eigenvalue weighted by atomic mass is 9.86. The summed E-state index contributed by atoms with van der Waals surface area (Å²) in [6.45, 7) is 5.15. The molecule has 0 amide bonds. The molecule has 1 aliphatic heterocycles. The lowest BCUT2D eigenvalue weighted by Gasteiger charge is -2.40. The van der Waals surface area contributed by atoms with E-state index in [9.17, 15) is 0 Å². The molecule has 14 heavy (non-hydrogen) atoms. The minimum absolute atomic E-state index is 0.228. The maximum Gasteiger partial charge on any atom is 0.109 e. The molecule has 0 aliphatic carbocycles. The van der Waals surface area contributed by atoms with E-state index in [4.69, 9.17) is 10.2 Å². The summed E-state index contributed by atoms with van der Waals surface area (Å²) in [5.74, 6) is 1.10. The van der Waals surface area contributed by atoms with Crippen LogP contribution in [0.5, 0.6) is 0 Å². The van der Waals surface area contributed by atoms with Crippen molar-refractivity contribution in [2.24, 2.45) is 5.73 Å². The molecule has 1 unspecified atom stereocenters. The number of hydrogen-bond acceptors (Lipinski definition) is 3. The molecular weight excluding hydrogens is 176 g/mol. The van der Waals surface area contributed by atoms with Crippen LogP contribution in [0.2, 0.25) is 0 Å². The van der Waals surface area contributed by atoms with Crippen LogP contribution in [0.15, 0.2) is 16.7 Å². The normalized spacial score (nSPS) is 23.6. The lowest BCUT2D eigenvalue weighted by molar-refractivity contribution is 0.152. The highest BCUT2D eigenvalue weighted by atomic mass is 16.3. The fraction of sp³-hybridized carbons (Fsp3) is 0.636. The van der Waals surface area contributed by atoms with E-state index in [-0.39, 0.29) is 11.6 Å². The van der Waals surface area contributed by atoms with E-state index in [1.165, 1.54) is 5.56 Å². The fourth-order valence-corrected chi connectivity index (χ4v) is 2.41. The topological polar surface area (TPSA) is 42.4 Å². The predicted octanol–water partition coefficient (Wildman–Crippen LogP) is 1.55. The van der Waals surface area contributed by atoms with E-state index in [0.717, 1.165) is 18.7 Å². The van der Waals surface area contributed by atoms with E-state index in [1.54, 1.807) is 6.26 Å². The Balaban J connectivity index is 2.41. The van der Waals surface area contributed by atoms with Gasteiger partial charge in [0.25, 0.3) is 0 Å². The maximum atomic E-state index is 6.19. The van der Waals surface area contributed by atoms with Crippen LogP contribution in [0.25, 0.3) is 0 Å². The summed E-state index contributed by atoms with van der Waals surface area (Å²) in [7, 11) is 2.12. The highest BCUT2D eigenvalue weighted by molar-refractivity contribution is 5.27. The second-order valence-electron chi connectivity index (χ2n) is 4.75. The van der Waals surface area contributed by atoms with Gasteiger partial charge in [0.2, 0.25) is 0 Å². The van der Waals surface area contributed by atoms with Gasteiger partial charge in [-0.1, -0.05) is 0 Å². The average Bonchev–Trinajstić information content (AvgIpc) is 2.48. The number of hydrogen-bond donors (Lipinski definition) is 1. The van der Waals surface area contributed by atoms with Crippen molar-refractivity contribution in [2.75, 3.05) is 13.6 Å². The van der Waals surface area contributed by atoms with E-state index in [0.29, 0.717) is 0 Å². The molecule has 0 saturated carbocycles. The van der Waals surface area contributed by atoms with E-state index < -0.39 is 0 Å². The minimum atomic E-state index is -0.228. The third-order valence-corrected chi connectivity index (χ3v) is 2.91. The van der Waals surface area contributed by atoms with Gasteiger partial charge in [-0.05, 0) is 27.0 Å². The van der Waals surface area contributed by atoms with Crippen molar-refractivity contribution in [3.63, 3.8) is 0 Å². The Bertz CT molecular complexity index is 324. The van der Waals surface area contributed by atoms with Crippen molar-refractivity contribution in [3.8, 4) is 0 Å². The molecule has 2 N–H and O–H groups in total. The smallest absolute Gasteiger partial charge is 0.109 e. The van der Waals surface area contributed by atoms with Crippen molar-refractivity contribution in [1.29, 1.82) is 0 Å². The number of rotatable bonds is 1. The van der Waals surface area contributed by atoms with Crippen LogP contribution in [0, 0.1) is 0 Å². The van der Waals surface area contributed by atoms with Gasteiger partial charge < -0.3 is 10.2 Å². The molecule has 0 spiro atoms. The predicted molar refractivity (Wildman–Crippen MR) is 56.0 cm³/mol. The highest BCUT2D eigenvalue weighted by Gasteiger charge is 2.35. The van der Waals surface area contributed by atoms with E-state index in [2.05, 4.69) is 25.8 Å². The summed E-state index contributed by atoms with van der Waals surface area (Å²) >= 11 is 0. The van der Waals surface area contributed by atoms with Gasteiger partial charge in [0.05, 0.1) is 12.3 Å². The molecule has 0 bridgehead atoms. The van der Waals surface area contributed by atoms with Crippen LogP contribution in [-0.4, -0.2) is 24.0 Å². The molecule has 0 saturated heterocycles. The maximum absolute atomic E-state index is 6.19. The summed E-state index contributed by atoms with van der Waals surface area (Å²) in [5.41, 5.74) is 7.22. The quantitative estimate of drug-likeness (QED) is 0.737. The van der Waals surface area contributed by atoms with Gasteiger partial charge in [0, 0.05) is 24.1 Å². The van der Waals surface area contributed by atoms with Crippen LogP contribution in [0.4, 0.5) is 0 Å². The summed E-state index contributed by atoms with van der Waals surface area (Å²) in [6.07, 6.45) is 2.76. The molecule has 1 atom stereocenters. The van der Waals surface area contributed by atoms with Gasteiger partial charge in [-0.2, -0.15) is 0 Å². The van der Waals surface area contributed by atoms with Crippen LogP contribution < -0.4 is 5.73 Å². The molecule has 0 fully saturated rings. The van der Waals surface area contributed by atoms with Crippen molar-refractivity contribution in [1.82, 2.24) is 4.90 Å². The molecule has 3 nitrogen and oxygen atoms in total. The molecule has 1 aromatic rings. The second-order valence-corrected chi connectivity index (χ2v) is 4.75. The Hall–Kier alpha value is -0.800. The summed E-state index contributed by atoms with van der Waals surface area (Å²) in [6, 6.07) is 2.31. The minimum Gasteiger partial charge on any atom is -0.469 e. The van der Waals surface area contributed by atoms with Gasteiger partial charge >= 0.3 is 0 Å². The molecular formula is C11H18N2O. The van der Waals surface area contributed by atoms with Crippen LogP contribution >= 0.6 is 0 Å². The Morgan fingerprint density at radius 2 is 2.29 bits per heavy atom. The molecule has 2 rings (SSSR count). The molecule has 1 aliphatic rings.